The molecule has 3 aromatic rings. The Morgan fingerprint density at radius 2 is 1.71 bits per heavy atom. The summed E-state index contributed by atoms with van der Waals surface area (Å²) in [4.78, 5) is 25.2. The maximum absolute atomic E-state index is 13.4. The zero-order valence-corrected chi connectivity index (χ0v) is 25.2. The number of hydrogen-bond donors (Lipinski definition) is 3. The molecule has 1 amide bonds. The Kier molecular flexibility index (Phi) is 12.4. The summed E-state index contributed by atoms with van der Waals surface area (Å²) in [5, 5.41) is 12.3. The van der Waals surface area contributed by atoms with E-state index in [-0.39, 0.29) is 18.8 Å². The number of amides is 1. The predicted octanol–water partition coefficient (Wildman–Crippen LogP) is 4.32. The first kappa shape index (κ1) is 32.3. The van der Waals surface area contributed by atoms with Gasteiger partial charge in [0.1, 0.15) is 6.04 Å². The van der Waals surface area contributed by atoms with Crippen LogP contribution in [0.1, 0.15) is 39.9 Å². The Labute approximate surface area is 247 Å². The van der Waals surface area contributed by atoms with Crippen molar-refractivity contribution >= 4 is 33.7 Å². The Morgan fingerprint density at radius 3 is 2.37 bits per heavy atom. The van der Waals surface area contributed by atoms with Gasteiger partial charge in [0.2, 0.25) is 10.0 Å². The molecule has 41 heavy (non-hydrogen) atoms. The van der Waals surface area contributed by atoms with E-state index in [1.54, 1.807) is 12.1 Å². The topological polar surface area (TPSA) is 130 Å². The Bertz CT molecular complexity index is 1410. The number of carboxylic acids is 1. The van der Waals surface area contributed by atoms with Crippen LogP contribution >= 0.6 is 11.8 Å². The van der Waals surface area contributed by atoms with Crippen LogP contribution in [-0.4, -0.2) is 66.6 Å². The van der Waals surface area contributed by atoms with Crippen LogP contribution in [0, 0.1) is 6.92 Å². The summed E-state index contributed by atoms with van der Waals surface area (Å²) >= 11 is 1.51. The lowest BCUT2D eigenvalue weighted by Gasteiger charge is -2.23. The molecule has 0 aliphatic heterocycles. The number of carbonyl (C=O) groups is 2. The predicted molar refractivity (Wildman–Crippen MR) is 167 cm³/mol. The third kappa shape index (κ3) is 9.43. The first-order chi connectivity index (χ1) is 19.7. The van der Waals surface area contributed by atoms with Gasteiger partial charge in [-0.25, -0.2) is 13.2 Å². The van der Waals surface area contributed by atoms with E-state index in [9.17, 15) is 23.1 Å². The second-order valence-electron chi connectivity index (χ2n) is 9.87. The minimum Gasteiger partial charge on any atom is -0.480 e. The van der Waals surface area contributed by atoms with E-state index in [2.05, 4.69) is 5.32 Å². The molecule has 3 aromatic carbocycles. The van der Waals surface area contributed by atoms with E-state index in [1.165, 1.54) is 16.1 Å². The minimum absolute atomic E-state index is 0.0456. The van der Waals surface area contributed by atoms with Crippen LogP contribution in [0.3, 0.4) is 0 Å². The Hall–Kier alpha value is -3.18. The van der Waals surface area contributed by atoms with Crippen molar-refractivity contribution in [2.45, 2.75) is 38.8 Å². The largest absolute Gasteiger partial charge is 0.480 e. The van der Waals surface area contributed by atoms with Crippen molar-refractivity contribution in [3.63, 3.8) is 0 Å². The average molecular weight is 598 g/mol. The van der Waals surface area contributed by atoms with Gasteiger partial charge in [-0.3, -0.25) is 4.79 Å². The van der Waals surface area contributed by atoms with Crippen molar-refractivity contribution in [2.75, 3.05) is 30.9 Å². The summed E-state index contributed by atoms with van der Waals surface area (Å²) in [7, 11) is -3.59. The van der Waals surface area contributed by atoms with Crippen molar-refractivity contribution in [1.29, 1.82) is 0 Å². The summed E-state index contributed by atoms with van der Waals surface area (Å²) in [5.74, 6) is -1.02. The molecular formula is C31H39N3O5S2. The number of nitrogens with zero attached hydrogens (tertiary/aromatic N) is 1. The van der Waals surface area contributed by atoms with Crippen molar-refractivity contribution in [1.82, 2.24) is 9.62 Å². The molecule has 1 atom stereocenters. The first-order valence-electron chi connectivity index (χ1n) is 13.6. The molecule has 0 saturated carbocycles. The maximum Gasteiger partial charge on any atom is 0.326 e. The minimum atomic E-state index is -3.59. The Morgan fingerprint density at radius 1 is 1.00 bits per heavy atom. The van der Waals surface area contributed by atoms with E-state index in [4.69, 9.17) is 5.73 Å². The number of thioether (sulfide) groups is 1. The van der Waals surface area contributed by atoms with Gasteiger partial charge in [-0.2, -0.15) is 16.1 Å². The normalized spacial score (nSPS) is 12.3. The summed E-state index contributed by atoms with van der Waals surface area (Å²) in [6.45, 7) is 2.65. The van der Waals surface area contributed by atoms with Gasteiger partial charge < -0.3 is 16.2 Å². The Balaban J connectivity index is 1.98. The van der Waals surface area contributed by atoms with E-state index in [0.717, 1.165) is 22.3 Å². The third-order valence-corrected chi connectivity index (χ3v) is 9.38. The molecule has 0 fully saturated rings. The smallest absolute Gasteiger partial charge is 0.326 e. The van der Waals surface area contributed by atoms with Crippen LogP contribution in [0.4, 0.5) is 0 Å². The van der Waals surface area contributed by atoms with Gasteiger partial charge >= 0.3 is 5.97 Å². The van der Waals surface area contributed by atoms with Gasteiger partial charge in [-0.1, -0.05) is 60.7 Å². The maximum atomic E-state index is 13.4. The van der Waals surface area contributed by atoms with Crippen LogP contribution in [0.2, 0.25) is 0 Å². The highest BCUT2D eigenvalue weighted by molar-refractivity contribution is 7.98. The third-order valence-electron chi connectivity index (χ3n) is 6.83. The van der Waals surface area contributed by atoms with Crippen molar-refractivity contribution in [3.05, 3.63) is 95.1 Å². The molecule has 8 nitrogen and oxygen atoms in total. The molecule has 0 aliphatic carbocycles. The molecule has 0 saturated heterocycles. The molecule has 0 radical (unpaired) electrons. The quantitative estimate of drug-likeness (QED) is 0.224. The summed E-state index contributed by atoms with van der Waals surface area (Å²) < 4.78 is 28.1. The highest BCUT2D eigenvalue weighted by Crippen LogP contribution is 2.29. The monoisotopic (exact) mass is 597 g/mol. The highest BCUT2D eigenvalue weighted by Gasteiger charge is 2.25. The van der Waals surface area contributed by atoms with Gasteiger partial charge in [0, 0.05) is 18.7 Å². The zero-order valence-electron chi connectivity index (χ0n) is 23.6. The van der Waals surface area contributed by atoms with Crippen LogP contribution < -0.4 is 11.1 Å². The number of hydrogen-bond acceptors (Lipinski definition) is 6. The van der Waals surface area contributed by atoms with E-state index >= 15 is 0 Å². The van der Waals surface area contributed by atoms with Gasteiger partial charge in [-0.15, -0.1) is 0 Å². The number of aryl methyl sites for hydroxylation is 1. The fourth-order valence-electron chi connectivity index (χ4n) is 4.53. The molecule has 0 aromatic heterocycles. The number of aliphatic carboxylic acids is 1. The lowest BCUT2D eigenvalue weighted by Crippen LogP contribution is -2.41. The van der Waals surface area contributed by atoms with E-state index in [1.807, 2.05) is 73.8 Å². The lowest BCUT2D eigenvalue weighted by molar-refractivity contribution is -0.139. The molecule has 1 unspecified atom stereocenters. The van der Waals surface area contributed by atoms with Crippen LogP contribution in [0.5, 0.6) is 0 Å². The van der Waals surface area contributed by atoms with Gasteiger partial charge in [0.15, 0.2) is 0 Å². The molecule has 0 spiro atoms. The number of nitrogens with one attached hydrogen (secondary N) is 1. The van der Waals surface area contributed by atoms with Gasteiger partial charge in [0.05, 0.1) is 5.75 Å². The summed E-state index contributed by atoms with van der Waals surface area (Å²) in [6, 6.07) is 21.5. The second kappa shape index (κ2) is 15.7. The molecule has 0 bridgehead atoms. The average Bonchev–Trinajstić information content (AvgIpc) is 2.96. The summed E-state index contributed by atoms with van der Waals surface area (Å²) in [6.07, 6.45) is 3.10. The molecular weight excluding hydrogens is 558 g/mol. The summed E-state index contributed by atoms with van der Waals surface area (Å²) in [5.41, 5.74) is 10.1. The molecule has 3 rings (SSSR count). The molecule has 220 valence electrons. The van der Waals surface area contributed by atoms with Crippen LogP contribution in [0.15, 0.2) is 72.8 Å². The zero-order chi connectivity index (χ0) is 29.8. The van der Waals surface area contributed by atoms with Gasteiger partial charge in [0.25, 0.3) is 5.91 Å². The fourth-order valence-corrected chi connectivity index (χ4v) is 6.50. The lowest BCUT2D eigenvalue weighted by atomic mass is 9.93. The molecule has 4 N–H and O–H groups in total. The number of sulfonamides is 1. The first-order valence-corrected chi connectivity index (χ1v) is 16.6. The standard InChI is InChI=1S/C31H39N3O5S2/c1-23-9-6-7-12-26(23)28-21-25(13-14-27(28)30(35)33-29(31(36)37)16-19-40-2)22-34(41(38,39)20-8-17-32)18-15-24-10-4-3-5-11-24/h3-7,9-14,21,29H,8,15-20,22,32H2,1-2H3,(H,33,35)(H,36,37). The van der Waals surface area contributed by atoms with Crippen molar-refractivity contribution in [2.24, 2.45) is 5.73 Å². The van der Waals surface area contributed by atoms with Crippen molar-refractivity contribution < 1.29 is 23.1 Å². The van der Waals surface area contributed by atoms with Crippen LogP contribution in [-0.2, 0) is 27.8 Å². The van der Waals surface area contributed by atoms with E-state index in [0.29, 0.717) is 42.7 Å². The fraction of sp³-hybridized carbons (Fsp3) is 0.355. The number of carboxylic acid groups (broad SMARTS) is 1. The second-order valence-corrected chi connectivity index (χ2v) is 12.9. The van der Waals surface area contributed by atoms with Gasteiger partial charge in [-0.05, 0) is 84.7 Å². The van der Waals surface area contributed by atoms with Crippen molar-refractivity contribution in [3.8, 4) is 11.1 Å². The SMILES string of the molecule is CSCCC(NC(=O)c1ccc(CN(CCc2ccccc2)S(=O)(=O)CCCN)cc1-c1ccccc1C)C(=O)O. The number of rotatable bonds is 16. The molecule has 0 aliphatic rings. The van der Waals surface area contributed by atoms with E-state index < -0.39 is 27.9 Å². The number of benzene rings is 3. The molecule has 0 heterocycles. The van der Waals surface area contributed by atoms with Crippen LogP contribution in [0.25, 0.3) is 11.1 Å². The molecule has 10 heteroatoms. The number of nitrogens with two attached hydrogens (primary N) is 1. The highest BCUT2D eigenvalue weighted by atomic mass is 32.2. The number of carbonyl (C=O) groups excluding carboxylic acids is 1.